The fraction of sp³-hybridized carbons (Fsp3) is 0.647. The summed E-state index contributed by atoms with van der Waals surface area (Å²) in [4.78, 5) is 0. The van der Waals surface area contributed by atoms with Crippen LogP contribution in [0.4, 0.5) is 0 Å². The zero-order valence-electron chi connectivity index (χ0n) is 12.1. The molecule has 1 aromatic rings. The Morgan fingerprint density at radius 3 is 2.95 bits per heavy atom. The van der Waals surface area contributed by atoms with Crippen molar-refractivity contribution in [3.05, 3.63) is 29.3 Å². The summed E-state index contributed by atoms with van der Waals surface area (Å²) in [6.07, 6.45) is 6.41. The van der Waals surface area contributed by atoms with E-state index in [2.05, 4.69) is 23.5 Å². The molecular formula is C17H23NO2. The molecule has 0 amide bonds. The van der Waals surface area contributed by atoms with E-state index in [0.29, 0.717) is 0 Å². The minimum atomic E-state index is -0.567. The maximum absolute atomic E-state index is 11.5. The van der Waals surface area contributed by atoms with Gasteiger partial charge in [-0.3, -0.25) is 0 Å². The number of hydrogen-bond acceptors (Lipinski definition) is 3. The molecule has 3 heteroatoms. The van der Waals surface area contributed by atoms with Crippen molar-refractivity contribution in [3.63, 3.8) is 0 Å². The average Bonchev–Trinajstić information content (AvgIpc) is 2.46. The molecule has 108 valence electrons. The van der Waals surface area contributed by atoms with Crippen LogP contribution in [0.15, 0.2) is 18.2 Å². The molecular weight excluding hydrogens is 250 g/mol. The lowest BCUT2D eigenvalue weighted by Gasteiger charge is -2.61. The molecule has 2 N–H and O–H groups in total. The molecule has 1 heterocycles. The maximum Gasteiger partial charge on any atom is 0.119 e. The number of rotatable bonds is 1. The van der Waals surface area contributed by atoms with Crippen LogP contribution in [0.1, 0.15) is 43.2 Å². The summed E-state index contributed by atoms with van der Waals surface area (Å²) in [6, 6.07) is 6.66. The van der Waals surface area contributed by atoms with Gasteiger partial charge in [-0.1, -0.05) is 18.9 Å². The minimum Gasteiger partial charge on any atom is -0.497 e. The van der Waals surface area contributed by atoms with Gasteiger partial charge in [-0.15, -0.1) is 0 Å². The van der Waals surface area contributed by atoms with E-state index in [-0.39, 0.29) is 11.5 Å². The summed E-state index contributed by atoms with van der Waals surface area (Å²) >= 11 is 0. The summed E-state index contributed by atoms with van der Waals surface area (Å²) in [5, 5.41) is 15.0. The van der Waals surface area contributed by atoms with Gasteiger partial charge in [0.25, 0.3) is 0 Å². The first-order valence-corrected chi connectivity index (χ1v) is 7.83. The van der Waals surface area contributed by atoms with Gasteiger partial charge in [0.2, 0.25) is 0 Å². The van der Waals surface area contributed by atoms with E-state index in [1.165, 1.54) is 17.5 Å². The monoisotopic (exact) mass is 273 g/mol. The number of ether oxygens (including phenoxy) is 1. The summed E-state index contributed by atoms with van der Waals surface area (Å²) in [5.74, 6) is 0.919. The van der Waals surface area contributed by atoms with Crippen LogP contribution in [-0.2, 0) is 11.8 Å². The second-order valence-electron chi connectivity index (χ2n) is 6.70. The van der Waals surface area contributed by atoms with Gasteiger partial charge in [-0.25, -0.2) is 0 Å². The van der Waals surface area contributed by atoms with E-state index in [9.17, 15) is 5.11 Å². The van der Waals surface area contributed by atoms with Crippen LogP contribution in [0.3, 0.4) is 0 Å². The van der Waals surface area contributed by atoms with Crippen molar-refractivity contribution in [2.24, 2.45) is 0 Å². The lowest BCUT2D eigenvalue weighted by molar-refractivity contribution is -0.124. The molecule has 3 atom stereocenters. The molecule has 2 bridgehead atoms. The van der Waals surface area contributed by atoms with Gasteiger partial charge in [0.1, 0.15) is 5.75 Å². The van der Waals surface area contributed by atoms with Crippen LogP contribution in [0.2, 0.25) is 0 Å². The molecule has 2 fully saturated rings. The van der Waals surface area contributed by atoms with E-state index in [1.807, 2.05) is 0 Å². The largest absolute Gasteiger partial charge is 0.497 e. The quantitative estimate of drug-likeness (QED) is 0.824. The van der Waals surface area contributed by atoms with E-state index in [1.54, 1.807) is 7.11 Å². The number of benzene rings is 1. The lowest BCUT2D eigenvalue weighted by Crippen LogP contribution is -2.71. The van der Waals surface area contributed by atoms with E-state index < -0.39 is 5.60 Å². The molecule has 3 aliphatic rings. The molecule has 20 heavy (non-hydrogen) atoms. The Bertz CT molecular complexity index is 540. The van der Waals surface area contributed by atoms with Gasteiger partial charge in [-0.2, -0.15) is 0 Å². The number of aliphatic hydroxyl groups is 1. The fourth-order valence-corrected chi connectivity index (χ4v) is 5.02. The molecule has 0 spiro atoms. The Kier molecular flexibility index (Phi) is 2.67. The highest BCUT2D eigenvalue weighted by Crippen LogP contribution is 2.56. The first-order chi connectivity index (χ1) is 9.69. The predicted octanol–water partition coefficient (Wildman–Crippen LogP) is 2.16. The Morgan fingerprint density at radius 1 is 1.25 bits per heavy atom. The van der Waals surface area contributed by atoms with Gasteiger partial charge in [-0.05, 0) is 55.5 Å². The van der Waals surface area contributed by atoms with E-state index in [0.717, 1.165) is 44.4 Å². The van der Waals surface area contributed by atoms with Crippen molar-refractivity contribution < 1.29 is 9.84 Å². The number of hydrogen-bond donors (Lipinski definition) is 2. The zero-order chi connectivity index (χ0) is 13.8. The van der Waals surface area contributed by atoms with Crippen molar-refractivity contribution in [3.8, 4) is 5.75 Å². The van der Waals surface area contributed by atoms with Crippen molar-refractivity contribution in [1.82, 2.24) is 5.32 Å². The third kappa shape index (κ3) is 1.43. The van der Waals surface area contributed by atoms with Crippen LogP contribution < -0.4 is 10.1 Å². The zero-order valence-corrected chi connectivity index (χ0v) is 12.1. The number of fused-ring (bicyclic) bond motifs is 1. The minimum absolute atomic E-state index is 0.0523. The van der Waals surface area contributed by atoms with Crippen molar-refractivity contribution >= 4 is 0 Å². The third-order valence-electron chi connectivity index (χ3n) is 6.02. The number of methoxy groups -OCH3 is 1. The fourth-order valence-electron chi connectivity index (χ4n) is 5.02. The first-order valence-electron chi connectivity index (χ1n) is 7.83. The van der Waals surface area contributed by atoms with Crippen LogP contribution >= 0.6 is 0 Å². The van der Waals surface area contributed by atoms with Gasteiger partial charge < -0.3 is 15.2 Å². The van der Waals surface area contributed by atoms with Gasteiger partial charge in [0.15, 0.2) is 0 Å². The van der Waals surface area contributed by atoms with Gasteiger partial charge >= 0.3 is 0 Å². The molecule has 0 aromatic heterocycles. The highest BCUT2D eigenvalue weighted by atomic mass is 16.5. The molecule has 1 saturated heterocycles. The summed E-state index contributed by atoms with van der Waals surface area (Å²) < 4.78 is 5.43. The van der Waals surface area contributed by atoms with Crippen molar-refractivity contribution in [2.75, 3.05) is 13.7 Å². The predicted molar refractivity (Wildman–Crippen MR) is 78.2 cm³/mol. The van der Waals surface area contributed by atoms with Gasteiger partial charge in [0, 0.05) is 11.5 Å². The normalized spacial score (nSPS) is 38.8. The second kappa shape index (κ2) is 4.22. The standard InChI is InChI=1S/C17H23NO2/c1-20-13-5-4-12-10-15-17(19)7-3-2-6-16(17,8-9-18-15)14(12)11-13/h4-5,11,15,18-19H,2-3,6-10H2,1H3/t15-,16+,17-/m1/s1. The molecule has 3 nitrogen and oxygen atoms in total. The van der Waals surface area contributed by atoms with Crippen LogP contribution in [-0.4, -0.2) is 30.4 Å². The smallest absolute Gasteiger partial charge is 0.119 e. The Hall–Kier alpha value is -1.06. The SMILES string of the molecule is COc1ccc2c(c1)[C@@]13CCCC[C@@]1(O)[C@@H](C2)NCC3. The van der Waals surface area contributed by atoms with E-state index >= 15 is 0 Å². The Morgan fingerprint density at radius 2 is 2.10 bits per heavy atom. The van der Waals surface area contributed by atoms with Crippen LogP contribution in [0.25, 0.3) is 0 Å². The molecule has 1 aliphatic heterocycles. The summed E-state index contributed by atoms with van der Waals surface area (Å²) in [6.45, 7) is 1.02. The van der Waals surface area contributed by atoms with Gasteiger partial charge in [0.05, 0.1) is 12.7 Å². The summed E-state index contributed by atoms with van der Waals surface area (Å²) in [5.41, 5.74) is 2.14. The molecule has 1 saturated carbocycles. The Balaban J connectivity index is 1.93. The third-order valence-corrected chi connectivity index (χ3v) is 6.02. The second-order valence-corrected chi connectivity index (χ2v) is 6.70. The highest BCUT2D eigenvalue weighted by molar-refractivity contribution is 5.48. The molecule has 1 aromatic carbocycles. The first kappa shape index (κ1) is 12.7. The molecule has 4 rings (SSSR count). The maximum atomic E-state index is 11.5. The number of piperidine rings is 1. The lowest BCUT2D eigenvalue weighted by atomic mass is 9.50. The Labute approximate surface area is 120 Å². The molecule has 0 radical (unpaired) electrons. The average molecular weight is 273 g/mol. The van der Waals surface area contributed by atoms with E-state index in [4.69, 9.17) is 4.74 Å². The summed E-state index contributed by atoms with van der Waals surface area (Å²) in [7, 11) is 1.72. The van der Waals surface area contributed by atoms with Crippen LogP contribution in [0, 0.1) is 0 Å². The van der Waals surface area contributed by atoms with Crippen LogP contribution in [0.5, 0.6) is 5.75 Å². The van der Waals surface area contributed by atoms with Crippen molar-refractivity contribution in [2.45, 2.75) is 55.6 Å². The highest BCUT2D eigenvalue weighted by Gasteiger charge is 2.61. The molecule has 2 aliphatic carbocycles. The number of nitrogens with one attached hydrogen (secondary N) is 1. The topological polar surface area (TPSA) is 41.5 Å². The molecule has 0 unspecified atom stereocenters. The van der Waals surface area contributed by atoms with Crippen molar-refractivity contribution in [1.29, 1.82) is 0 Å².